The highest BCUT2D eigenvalue weighted by Crippen LogP contribution is 2.10. The zero-order valence-corrected chi connectivity index (χ0v) is 12.6. The summed E-state index contributed by atoms with van der Waals surface area (Å²) < 4.78 is 6.73. The number of hydrogen-bond acceptors (Lipinski definition) is 4. The lowest BCUT2D eigenvalue weighted by Crippen LogP contribution is -2.22. The number of carbonyl (C=O) groups excluding carboxylic acids is 1. The molecule has 0 atom stereocenters. The number of nitrogens with one attached hydrogen (secondary N) is 1. The molecule has 1 aromatic carbocycles. The summed E-state index contributed by atoms with van der Waals surface area (Å²) in [5.41, 5.74) is 2.33. The maximum atomic E-state index is 12.2. The fourth-order valence-electron chi connectivity index (χ4n) is 2.12. The van der Waals surface area contributed by atoms with Crippen molar-refractivity contribution in [3.05, 3.63) is 72.2 Å². The number of para-hydroxylation sites is 1. The number of pyridine rings is 1. The van der Waals surface area contributed by atoms with Crippen LogP contribution < -0.4 is 10.1 Å². The third kappa shape index (κ3) is 3.55. The third-order valence-corrected chi connectivity index (χ3v) is 3.33. The van der Waals surface area contributed by atoms with E-state index in [1.165, 1.54) is 0 Å². The Morgan fingerprint density at radius 2 is 2.09 bits per heavy atom. The molecule has 0 saturated carbocycles. The van der Waals surface area contributed by atoms with Gasteiger partial charge in [-0.1, -0.05) is 18.2 Å². The highest BCUT2D eigenvalue weighted by Gasteiger charge is 2.09. The van der Waals surface area contributed by atoms with E-state index < -0.39 is 0 Å². The molecule has 6 nitrogen and oxygen atoms in total. The molecule has 6 heteroatoms. The number of methoxy groups -OCH3 is 1. The van der Waals surface area contributed by atoms with Gasteiger partial charge in [0.25, 0.3) is 5.91 Å². The second kappa shape index (κ2) is 6.74. The highest BCUT2D eigenvalue weighted by atomic mass is 16.5. The first kappa shape index (κ1) is 14.8. The molecule has 0 unspecified atom stereocenters. The SMILES string of the molecule is COc1cc(CNC(=O)c2cnn(-c3ccccc3)c2)ccn1. The van der Waals surface area contributed by atoms with Gasteiger partial charge in [-0.25, -0.2) is 9.67 Å². The highest BCUT2D eigenvalue weighted by molar-refractivity contribution is 5.93. The van der Waals surface area contributed by atoms with Gasteiger partial charge >= 0.3 is 0 Å². The number of hydrogen-bond donors (Lipinski definition) is 1. The minimum Gasteiger partial charge on any atom is -0.481 e. The van der Waals surface area contributed by atoms with Crippen LogP contribution in [0.4, 0.5) is 0 Å². The van der Waals surface area contributed by atoms with Gasteiger partial charge in [0.15, 0.2) is 0 Å². The Labute approximate surface area is 133 Å². The minimum atomic E-state index is -0.178. The van der Waals surface area contributed by atoms with Crippen LogP contribution in [0.5, 0.6) is 5.88 Å². The number of nitrogens with zero attached hydrogens (tertiary/aromatic N) is 3. The van der Waals surface area contributed by atoms with Crippen molar-refractivity contribution in [1.82, 2.24) is 20.1 Å². The van der Waals surface area contributed by atoms with Crippen molar-refractivity contribution in [2.24, 2.45) is 0 Å². The lowest BCUT2D eigenvalue weighted by Gasteiger charge is -2.05. The molecule has 3 rings (SSSR count). The molecule has 0 saturated heterocycles. The first-order valence-corrected chi connectivity index (χ1v) is 7.13. The van der Waals surface area contributed by atoms with Crippen LogP contribution in [0.2, 0.25) is 0 Å². The van der Waals surface area contributed by atoms with Crippen molar-refractivity contribution in [2.75, 3.05) is 7.11 Å². The zero-order chi connectivity index (χ0) is 16.1. The Morgan fingerprint density at radius 1 is 1.26 bits per heavy atom. The summed E-state index contributed by atoms with van der Waals surface area (Å²) >= 11 is 0. The molecule has 0 aliphatic carbocycles. The topological polar surface area (TPSA) is 69.0 Å². The van der Waals surface area contributed by atoms with Crippen molar-refractivity contribution in [1.29, 1.82) is 0 Å². The van der Waals surface area contributed by atoms with Gasteiger partial charge in [-0.2, -0.15) is 5.10 Å². The number of benzene rings is 1. The Kier molecular flexibility index (Phi) is 4.33. The fraction of sp³-hybridized carbons (Fsp3) is 0.118. The average Bonchev–Trinajstić information content (AvgIpc) is 3.11. The zero-order valence-electron chi connectivity index (χ0n) is 12.6. The van der Waals surface area contributed by atoms with E-state index in [9.17, 15) is 4.79 Å². The number of aromatic nitrogens is 3. The molecule has 0 radical (unpaired) electrons. The third-order valence-electron chi connectivity index (χ3n) is 3.33. The van der Waals surface area contributed by atoms with Gasteiger partial charge in [-0.3, -0.25) is 4.79 Å². The summed E-state index contributed by atoms with van der Waals surface area (Å²) in [6.07, 6.45) is 4.90. The largest absolute Gasteiger partial charge is 0.481 e. The van der Waals surface area contributed by atoms with Crippen LogP contribution in [0.3, 0.4) is 0 Å². The van der Waals surface area contributed by atoms with E-state index in [1.54, 1.807) is 36.4 Å². The van der Waals surface area contributed by atoms with Gasteiger partial charge in [0.1, 0.15) is 0 Å². The second-order valence-electron chi connectivity index (χ2n) is 4.90. The van der Waals surface area contributed by atoms with E-state index in [4.69, 9.17) is 4.74 Å². The molecule has 0 fully saturated rings. The van der Waals surface area contributed by atoms with Crippen LogP contribution in [-0.4, -0.2) is 27.8 Å². The summed E-state index contributed by atoms with van der Waals surface area (Å²) in [7, 11) is 1.56. The van der Waals surface area contributed by atoms with Crippen LogP contribution in [-0.2, 0) is 6.54 Å². The molecule has 23 heavy (non-hydrogen) atoms. The quantitative estimate of drug-likeness (QED) is 0.784. The summed E-state index contributed by atoms with van der Waals surface area (Å²) in [6.45, 7) is 0.397. The summed E-state index contributed by atoms with van der Waals surface area (Å²) in [5.74, 6) is 0.344. The molecule has 0 aliphatic rings. The smallest absolute Gasteiger partial charge is 0.254 e. The van der Waals surface area contributed by atoms with E-state index in [2.05, 4.69) is 15.4 Å². The van der Waals surface area contributed by atoms with Crippen LogP contribution in [0, 0.1) is 0 Å². The van der Waals surface area contributed by atoms with E-state index in [-0.39, 0.29) is 5.91 Å². The molecule has 2 heterocycles. The second-order valence-corrected chi connectivity index (χ2v) is 4.90. The van der Waals surface area contributed by atoms with E-state index in [0.717, 1.165) is 11.3 Å². The van der Waals surface area contributed by atoms with E-state index in [0.29, 0.717) is 18.0 Å². The van der Waals surface area contributed by atoms with Crippen molar-refractivity contribution < 1.29 is 9.53 Å². The van der Waals surface area contributed by atoms with Crippen molar-refractivity contribution in [3.8, 4) is 11.6 Å². The first-order chi connectivity index (χ1) is 11.3. The summed E-state index contributed by atoms with van der Waals surface area (Å²) in [6, 6.07) is 13.3. The van der Waals surface area contributed by atoms with Gasteiger partial charge in [-0.15, -0.1) is 0 Å². The van der Waals surface area contributed by atoms with Gasteiger partial charge in [-0.05, 0) is 23.8 Å². The molecule has 0 spiro atoms. The Bertz CT molecular complexity index is 799. The van der Waals surface area contributed by atoms with Crippen LogP contribution >= 0.6 is 0 Å². The molecule has 0 bridgehead atoms. The first-order valence-electron chi connectivity index (χ1n) is 7.13. The van der Waals surface area contributed by atoms with Crippen LogP contribution in [0.25, 0.3) is 5.69 Å². The predicted molar refractivity (Wildman–Crippen MR) is 85.5 cm³/mol. The number of rotatable bonds is 5. The fourth-order valence-corrected chi connectivity index (χ4v) is 2.12. The Morgan fingerprint density at radius 3 is 2.87 bits per heavy atom. The monoisotopic (exact) mass is 308 g/mol. The Hall–Kier alpha value is -3.15. The standard InChI is InChI=1S/C17H16N4O2/c1-23-16-9-13(7-8-18-16)10-19-17(22)14-11-20-21(12-14)15-5-3-2-4-6-15/h2-9,11-12H,10H2,1H3,(H,19,22). The van der Waals surface area contributed by atoms with Crippen molar-refractivity contribution >= 4 is 5.91 Å². The average molecular weight is 308 g/mol. The van der Waals surface area contributed by atoms with Crippen LogP contribution in [0.15, 0.2) is 61.1 Å². The lowest BCUT2D eigenvalue weighted by molar-refractivity contribution is 0.0951. The Balaban J connectivity index is 1.66. The number of ether oxygens (including phenoxy) is 1. The normalized spacial score (nSPS) is 10.3. The molecule has 1 N–H and O–H groups in total. The predicted octanol–water partition coefficient (Wildman–Crippen LogP) is 2.21. The van der Waals surface area contributed by atoms with Gasteiger partial charge in [0.2, 0.25) is 5.88 Å². The number of amides is 1. The van der Waals surface area contributed by atoms with Gasteiger partial charge < -0.3 is 10.1 Å². The maximum absolute atomic E-state index is 12.2. The molecular formula is C17H16N4O2. The molecule has 1 amide bonds. The number of carbonyl (C=O) groups is 1. The minimum absolute atomic E-state index is 0.178. The van der Waals surface area contributed by atoms with Crippen LogP contribution in [0.1, 0.15) is 15.9 Å². The van der Waals surface area contributed by atoms with Crippen molar-refractivity contribution in [2.45, 2.75) is 6.54 Å². The van der Waals surface area contributed by atoms with E-state index in [1.807, 2.05) is 36.4 Å². The van der Waals surface area contributed by atoms with Crippen molar-refractivity contribution in [3.63, 3.8) is 0 Å². The molecule has 2 aromatic heterocycles. The lowest BCUT2D eigenvalue weighted by atomic mass is 10.2. The van der Waals surface area contributed by atoms with Gasteiger partial charge in [0.05, 0.1) is 24.6 Å². The summed E-state index contributed by atoms with van der Waals surface area (Å²) in [5, 5.41) is 7.07. The maximum Gasteiger partial charge on any atom is 0.254 e. The molecule has 116 valence electrons. The molecular weight excluding hydrogens is 292 g/mol. The summed E-state index contributed by atoms with van der Waals surface area (Å²) in [4.78, 5) is 16.2. The van der Waals surface area contributed by atoms with Gasteiger partial charge in [0, 0.05) is 25.0 Å². The molecule has 0 aliphatic heterocycles. The van der Waals surface area contributed by atoms with E-state index >= 15 is 0 Å². The molecule has 3 aromatic rings.